The minimum atomic E-state index is -0.424. The molecule has 1 atom stereocenters. The highest BCUT2D eigenvalue weighted by Gasteiger charge is 2.25. The summed E-state index contributed by atoms with van der Waals surface area (Å²) in [6.07, 6.45) is 2.38. The molecular weight excluding hydrogens is 243 g/mol. The van der Waals surface area contributed by atoms with Gasteiger partial charge in [0.15, 0.2) is 0 Å². The predicted molar refractivity (Wildman–Crippen MR) is 70.3 cm³/mol. The third-order valence-electron chi connectivity index (χ3n) is 3.20. The Hall–Kier alpha value is -2.42. The van der Waals surface area contributed by atoms with E-state index in [0.717, 1.165) is 11.8 Å². The summed E-state index contributed by atoms with van der Waals surface area (Å²) in [4.78, 5) is 11.4. The molecule has 0 N–H and O–H groups in total. The van der Waals surface area contributed by atoms with Crippen molar-refractivity contribution >= 4 is 11.9 Å². The summed E-state index contributed by atoms with van der Waals surface area (Å²) in [7, 11) is 0. The molecule has 0 saturated heterocycles. The number of ether oxygens (including phenoxy) is 1. The number of hydrogen-bond donors (Lipinski definition) is 0. The van der Waals surface area contributed by atoms with Gasteiger partial charge in [-0.2, -0.15) is 0 Å². The second-order valence-corrected chi connectivity index (χ2v) is 4.35. The first-order valence-corrected chi connectivity index (χ1v) is 5.96. The number of aldehydes is 1. The summed E-state index contributed by atoms with van der Waals surface area (Å²) in [6, 6.07) is 13.5. The molecule has 0 spiro atoms. The molecule has 19 heavy (non-hydrogen) atoms. The van der Waals surface area contributed by atoms with Crippen LogP contribution in [0.25, 0.3) is 5.57 Å². The van der Waals surface area contributed by atoms with Crippen LogP contribution in [0.4, 0.5) is 4.39 Å². The zero-order chi connectivity index (χ0) is 13.2. The van der Waals surface area contributed by atoms with Crippen molar-refractivity contribution in [2.75, 3.05) is 0 Å². The summed E-state index contributed by atoms with van der Waals surface area (Å²) in [5, 5.41) is 0. The molecule has 94 valence electrons. The maximum Gasteiger partial charge on any atom is 0.132 e. The lowest BCUT2D eigenvalue weighted by Gasteiger charge is -2.23. The first kappa shape index (κ1) is 11.7. The fourth-order valence-corrected chi connectivity index (χ4v) is 2.27. The van der Waals surface area contributed by atoms with Crippen LogP contribution >= 0.6 is 0 Å². The average Bonchev–Trinajstić information content (AvgIpc) is 2.46. The first-order chi connectivity index (χ1) is 9.29. The van der Waals surface area contributed by atoms with Gasteiger partial charge in [0.1, 0.15) is 17.9 Å². The molecule has 3 heteroatoms. The molecule has 0 radical (unpaired) electrons. The van der Waals surface area contributed by atoms with E-state index in [-0.39, 0.29) is 5.82 Å². The van der Waals surface area contributed by atoms with E-state index in [1.54, 1.807) is 12.1 Å². The molecule has 0 fully saturated rings. The molecular formula is C16H11FO2. The standard InChI is InChI=1S/C16H11FO2/c17-12-5-3-4-11(8-12)15-10-19-16-7-2-1-6-13(16)14(15)9-18/h1-10,14H. The van der Waals surface area contributed by atoms with Gasteiger partial charge in [0.2, 0.25) is 0 Å². The molecule has 1 unspecified atom stereocenters. The minimum Gasteiger partial charge on any atom is -0.464 e. The molecule has 0 amide bonds. The van der Waals surface area contributed by atoms with Gasteiger partial charge < -0.3 is 9.53 Å². The quantitative estimate of drug-likeness (QED) is 0.766. The topological polar surface area (TPSA) is 26.3 Å². The largest absolute Gasteiger partial charge is 0.464 e. The number of carbonyl (C=O) groups is 1. The first-order valence-electron chi connectivity index (χ1n) is 5.96. The van der Waals surface area contributed by atoms with E-state index in [9.17, 15) is 9.18 Å². The Balaban J connectivity index is 2.09. The number of benzene rings is 2. The molecule has 0 aromatic heterocycles. The van der Waals surface area contributed by atoms with Crippen LogP contribution in [0.15, 0.2) is 54.8 Å². The van der Waals surface area contributed by atoms with Gasteiger partial charge in [0, 0.05) is 11.1 Å². The Morgan fingerprint density at radius 3 is 2.74 bits per heavy atom. The van der Waals surface area contributed by atoms with Gasteiger partial charge in [-0.3, -0.25) is 0 Å². The maximum atomic E-state index is 13.3. The number of hydrogen-bond acceptors (Lipinski definition) is 2. The number of rotatable bonds is 2. The van der Waals surface area contributed by atoms with E-state index in [1.807, 2.05) is 24.3 Å². The molecule has 2 nitrogen and oxygen atoms in total. The van der Waals surface area contributed by atoms with Crippen molar-refractivity contribution in [3.8, 4) is 5.75 Å². The molecule has 1 aliphatic heterocycles. The Kier molecular flexibility index (Phi) is 2.88. The summed E-state index contributed by atoms with van der Waals surface area (Å²) >= 11 is 0. The second-order valence-electron chi connectivity index (χ2n) is 4.35. The van der Waals surface area contributed by atoms with Crippen molar-refractivity contribution < 1.29 is 13.9 Å². The number of carbonyl (C=O) groups excluding carboxylic acids is 1. The summed E-state index contributed by atoms with van der Waals surface area (Å²) in [5.74, 6) is -0.0894. The van der Waals surface area contributed by atoms with Crippen LogP contribution < -0.4 is 4.74 Å². The summed E-state index contributed by atoms with van der Waals surface area (Å²) < 4.78 is 18.8. The van der Waals surface area contributed by atoms with Crippen molar-refractivity contribution in [3.63, 3.8) is 0 Å². The average molecular weight is 254 g/mol. The normalized spacial score (nSPS) is 17.1. The molecule has 1 aliphatic rings. The minimum absolute atomic E-state index is 0.332. The van der Waals surface area contributed by atoms with Crippen molar-refractivity contribution in [2.24, 2.45) is 0 Å². The zero-order valence-corrected chi connectivity index (χ0v) is 10.0. The summed E-state index contributed by atoms with van der Waals surface area (Å²) in [6.45, 7) is 0. The van der Waals surface area contributed by atoms with Gasteiger partial charge in [-0.1, -0.05) is 30.3 Å². The van der Waals surface area contributed by atoms with E-state index in [2.05, 4.69) is 0 Å². The van der Waals surface area contributed by atoms with E-state index in [0.29, 0.717) is 16.9 Å². The molecule has 0 bridgehead atoms. The van der Waals surface area contributed by atoms with Crippen LogP contribution in [0, 0.1) is 5.82 Å². The van der Waals surface area contributed by atoms with Gasteiger partial charge in [-0.15, -0.1) is 0 Å². The molecule has 2 aromatic carbocycles. The zero-order valence-electron chi connectivity index (χ0n) is 10.0. The Bertz CT molecular complexity index is 661. The predicted octanol–water partition coefficient (Wildman–Crippen LogP) is 3.54. The number of halogens is 1. The van der Waals surface area contributed by atoms with Crippen molar-refractivity contribution in [2.45, 2.75) is 5.92 Å². The monoisotopic (exact) mass is 254 g/mol. The second kappa shape index (κ2) is 4.69. The maximum absolute atomic E-state index is 13.3. The van der Waals surface area contributed by atoms with Crippen molar-refractivity contribution in [1.29, 1.82) is 0 Å². The molecule has 0 aliphatic carbocycles. The van der Waals surface area contributed by atoms with Gasteiger partial charge in [0.05, 0.1) is 12.2 Å². The Morgan fingerprint density at radius 1 is 1.11 bits per heavy atom. The Labute approximate surface area is 110 Å². The van der Waals surface area contributed by atoms with E-state index < -0.39 is 5.92 Å². The van der Waals surface area contributed by atoms with E-state index >= 15 is 0 Å². The third kappa shape index (κ3) is 2.03. The highest BCUT2D eigenvalue weighted by molar-refractivity contribution is 5.88. The number of fused-ring (bicyclic) bond motifs is 1. The molecule has 1 heterocycles. The Morgan fingerprint density at radius 2 is 1.95 bits per heavy atom. The number of para-hydroxylation sites is 1. The highest BCUT2D eigenvalue weighted by atomic mass is 19.1. The SMILES string of the molecule is O=CC1C(c2cccc(F)c2)=COc2ccccc21. The van der Waals surface area contributed by atoms with Crippen LogP contribution in [0.2, 0.25) is 0 Å². The highest BCUT2D eigenvalue weighted by Crippen LogP contribution is 2.39. The molecule has 0 saturated carbocycles. The lowest BCUT2D eigenvalue weighted by atomic mass is 9.87. The summed E-state index contributed by atoms with van der Waals surface area (Å²) in [5.41, 5.74) is 2.14. The smallest absolute Gasteiger partial charge is 0.132 e. The lowest BCUT2D eigenvalue weighted by Crippen LogP contribution is -2.11. The van der Waals surface area contributed by atoms with Crippen LogP contribution in [-0.4, -0.2) is 6.29 Å². The number of allylic oxidation sites excluding steroid dienone is 1. The third-order valence-corrected chi connectivity index (χ3v) is 3.20. The van der Waals surface area contributed by atoms with Gasteiger partial charge in [-0.05, 0) is 23.8 Å². The van der Waals surface area contributed by atoms with Crippen molar-refractivity contribution in [1.82, 2.24) is 0 Å². The fourth-order valence-electron chi connectivity index (χ4n) is 2.27. The van der Waals surface area contributed by atoms with Gasteiger partial charge in [0.25, 0.3) is 0 Å². The van der Waals surface area contributed by atoms with Crippen molar-refractivity contribution in [3.05, 3.63) is 71.7 Å². The molecule has 2 aromatic rings. The van der Waals surface area contributed by atoms with E-state index in [1.165, 1.54) is 18.4 Å². The van der Waals surface area contributed by atoms with Gasteiger partial charge in [-0.25, -0.2) is 4.39 Å². The lowest BCUT2D eigenvalue weighted by molar-refractivity contribution is -0.108. The van der Waals surface area contributed by atoms with E-state index in [4.69, 9.17) is 4.74 Å². The van der Waals surface area contributed by atoms with Gasteiger partial charge >= 0.3 is 0 Å². The molecule has 3 rings (SSSR count). The fraction of sp³-hybridized carbons (Fsp3) is 0.0625. The van der Waals surface area contributed by atoms with Crippen LogP contribution in [0.3, 0.4) is 0 Å². The van der Waals surface area contributed by atoms with Crippen LogP contribution in [0.5, 0.6) is 5.75 Å². The van der Waals surface area contributed by atoms with Crippen LogP contribution in [-0.2, 0) is 4.79 Å². The van der Waals surface area contributed by atoms with Crippen LogP contribution in [0.1, 0.15) is 17.0 Å².